The second-order valence-electron chi connectivity index (χ2n) is 12.8. The lowest BCUT2D eigenvalue weighted by Crippen LogP contribution is -2.53. The Balaban J connectivity index is 1.27. The van der Waals surface area contributed by atoms with E-state index in [1.54, 1.807) is 32.2 Å². The van der Waals surface area contributed by atoms with Crippen molar-refractivity contribution in [3.05, 3.63) is 53.0 Å². The first kappa shape index (κ1) is 31.8. The number of methoxy groups -OCH3 is 2. The third-order valence-corrected chi connectivity index (χ3v) is 9.66. The minimum Gasteiger partial charge on any atom is -0.494 e. The van der Waals surface area contributed by atoms with Gasteiger partial charge in [-0.2, -0.15) is 9.90 Å². The van der Waals surface area contributed by atoms with Crippen molar-refractivity contribution >= 4 is 33.9 Å². The Morgan fingerprint density at radius 2 is 1.88 bits per heavy atom. The second kappa shape index (κ2) is 12.7. The molecule has 0 saturated carbocycles. The minimum absolute atomic E-state index is 0.0634. The molecule has 1 aromatic carbocycles. The van der Waals surface area contributed by atoms with Crippen LogP contribution >= 0.6 is 0 Å². The van der Waals surface area contributed by atoms with Gasteiger partial charge >= 0.3 is 0 Å². The van der Waals surface area contributed by atoms with Crippen LogP contribution in [0, 0.1) is 0 Å². The van der Waals surface area contributed by atoms with E-state index in [0.29, 0.717) is 54.1 Å². The molecule has 0 radical (unpaired) electrons. The molecule has 0 spiro atoms. The van der Waals surface area contributed by atoms with Crippen LogP contribution in [-0.4, -0.2) is 90.3 Å². The molecule has 1 fully saturated rings. The zero-order chi connectivity index (χ0) is 33.7. The molecule has 4 aromatic heterocycles. The van der Waals surface area contributed by atoms with Gasteiger partial charge in [0.1, 0.15) is 16.9 Å². The van der Waals surface area contributed by atoms with E-state index in [0.717, 1.165) is 59.6 Å². The Morgan fingerprint density at radius 1 is 1.04 bits per heavy atom. The number of aryl methyl sites for hydroxylation is 4. The number of likely N-dealkylation sites (tertiary alicyclic amines) is 1. The van der Waals surface area contributed by atoms with Gasteiger partial charge in [-0.15, -0.1) is 5.10 Å². The highest BCUT2D eigenvalue weighted by Gasteiger charge is 2.31. The number of nitrogens with zero attached hydrogens (tertiary/aromatic N) is 8. The zero-order valence-corrected chi connectivity index (χ0v) is 28.1. The van der Waals surface area contributed by atoms with Gasteiger partial charge in [-0.3, -0.25) is 9.59 Å². The monoisotopic (exact) mass is 654 g/mol. The summed E-state index contributed by atoms with van der Waals surface area (Å²) in [5, 5.41) is 12.8. The molecule has 1 saturated heterocycles. The van der Waals surface area contributed by atoms with Gasteiger partial charge in [0.05, 0.1) is 41.9 Å². The fourth-order valence-electron chi connectivity index (χ4n) is 7.10. The van der Waals surface area contributed by atoms with Crippen LogP contribution in [0.25, 0.3) is 33.6 Å². The Labute approximate surface area is 278 Å². The molecule has 252 valence electrons. The predicted molar refractivity (Wildman–Crippen MR) is 180 cm³/mol. The molecule has 5 aromatic rings. The number of nitrogens with one attached hydrogen (secondary N) is 1. The van der Waals surface area contributed by atoms with Crippen LogP contribution in [-0.2, 0) is 31.8 Å². The third kappa shape index (κ3) is 5.58. The van der Waals surface area contributed by atoms with E-state index in [1.807, 2.05) is 36.7 Å². The molecule has 2 aliphatic rings. The molecule has 0 unspecified atom stereocenters. The molecule has 3 atom stereocenters. The lowest BCUT2D eigenvalue weighted by atomic mass is 10.0. The van der Waals surface area contributed by atoms with Crippen molar-refractivity contribution in [2.24, 2.45) is 19.8 Å². The highest BCUT2D eigenvalue weighted by atomic mass is 16.5. The minimum atomic E-state index is -0.350. The van der Waals surface area contributed by atoms with Gasteiger partial charge in [0.25, 0.3) is 11.8 Å². The van der Waals surface area contributed by atoms with Crippen LogP contribution < -0.4 is 15.8 Å². The molecule has 14 nitrogen and oxygen atoms in total. The maximum Gasteiger partial charge on any atom is 0.274 e. The summed E-state index contributed by atoms with van der Waals surface area (Å²) < 4.78 is 15.6. The molecule has 2 amide bonds. The Kier molecular flexibility index (Phi) is 8.37. The Hall–Kier alpha value is -4.82. The van der Waals surface area contributed by atoms with Crippen LogP contribution in [0.5, 0.6) is 5.75 Å². The van der Waals surface area contributed by atoms with Gasteiger partial charge in [0.2, 0.25) is 0 Å². The number of fused-ring (bicyclic) bond motifs is 3. The first-order valence-electron chi connectivity index (χ1n) is 16.5. The van der Waals surface area contributed by atoms with Crippen molar-refractivity contribution in [1.82, 2.24) is 44.3 Å². The van der Waals surface area contributed by atoms with Crippen LogP contribution in [0.1, 0.15) is 70.9 Å². The molecular formula is C34H42N10O4. The number of carbonyl (C=O) groups excluding carboxylic acids is 2. The number of pyridine rings is 1. The van der Waals surface area contributed by atoms with Crippen molar-refractivity contribution in [2.45, 2.75) is 63.8 Å². The van der Waals surface area contributed by atoms with Gasteiger partial charge in [-0.25, -0.2) is 9.97 Å². The number of aromatic nitrogens is 7. The van der Waals surface area contributed by atoms with E-state index in [2.05, 4.69) is 26.1 Å². The number of nitrogens with two attached hydrogens (primary N) is 1. The Morgan fingerprint density at radius 3 is 2.65 bits per heavy atom. The fraction of sp³-hybridized carbons (Fsp3) is 0.471. The van der Waals surface area contributed by atoms with E-state index in [1.165, 1.54) is 4.80 Å². The number of imidazole rings is 1. The summed E-state index contributed by atoms with van der Waals surface area (Å²) >= 11 is 0. The van der Waals surface area contributed by atoms with Crippen molar-refractivity contribution < 1.29 is 19.1 Å². The summed E-state index contributed by atoms with van der Waals surface area (Å²) in [7, 11) is 6.96. The average molecular weight is 655 g/mol. The van der Waals surface area contributed by atoms with Gasteiger partial charge in [0.15, 0.2) is 11.5 Å². The number of rotatable bonds is 4. The number of amides is 2. The van der Waals surface area contributed by atoms with Crippen molar-refractivity contribution in [3.8, 4) is 17.3 Å². The Bertz CT molecular complexity index is 2030. The summed E-state index contributed by atoms with van der Waals surface area (Å²) in [5.74, 6) is 0.941. The van der Waals surface area contributed by atoms with Gasteiger partial charge in [0, 0.05) is 57.8 Å². The standard InChI is InChI=1S/C34H42N10O4/c1-19-23-11-10-20-16-26(44(31(20)37-23)13-8-6-7-9-24-29(33(45)36-19)40-42(3)39-24)32-38-25-15-21(17-28(48-5)30(25)41(32)2)34(46)43-14-12-27(47-4)22(35)18-43/h10-11,15-17,19,22,27H,6-9,12-14,18,35H2,1-5H3,(H,36,45)/t19-,22+,27-/m1/s1. The lowest BCUT2D eigenvalue weighted by Gasteiger charge is -2.36. The first-order chi connectivity index (χ1) is 23.2. The average Bonchev–Trinajstić information content (AvgIpc) is 3.75. The molecule has 3 N–H and O–H groups in total. The normalized spacial score (nSPS) is 20.6. The molecule has 7 rings (SSSR count). The largest absolute Gasteiger partial charge is 0.494 e. The predicted octanol–water partition coefficient (Wildman–Crippen LogP) is 3.13. The summed E-state index contributed by atoms with van der Waals surface area (Å²) in [4.78, 5) is 40.3. The third-order valence-electron chi connectivity index (χ3n) is 9.66. The number of carbonyl (C=O) groups is 2. The number of benzene rings is 1. The fourth-order valence-corrected chi connectivity index (χ4v) is 7.10. The maximum absolute atomic E-state index is 13.7. The second-order valence-corrected chi connectivity index (χ2v) is 12.8. The summed E-state index contributed by atoms with van der Waals surface area (Å²) in [6.45, 7) is 3.63. The number of piperidine rings is 1. The van der Waals surface area contributed by atoms with Crippen LogP contribution in [0.2, 0.25) is 0 Å². The molecule has 0 aliphatic carbocycles. The molecule has 48 heavy (non-hydrogen) atoms. The van der Waals surface area contributed by atoms with Gasteiger partial charge in [-0.1, -0.05) is 6.42 Å². The molecule has 2 aliphatic heterocycles. The molecule has 2 bridgehead atoms. The van der Waals surface area contributed by atoms with Crippen LogP contribution in [0.3, 0.4) is 0 Å². The van der Waals surface area contributed by atoms with Crippen LogP contribution in [0.4, 0.5) is 0 Å². The molecule has 14 heteroatoms. The SMILES string of the molecule is COc1cc(C(=O)N2CC[C@@H](OC)[C@@H](N)C2)cc2nc(-c3cc4ccc5nc4n3CCCCCc3nn(C)nc3C(=O)N[C@@H]5C)n(C)c12. The number of ether oxygens (including phenoxy) is 2. The van der Waals surface area contributed by atoms with E-state index in [-0.39, 0.29) is 30.0 Å². The highest BCUT2D eigenvalue weighted by Crippen LogP contribution is 2.35. The number of hydrogen-bond acceptors (Lipinski definition) is 9. The summed E-state index contributed by atoms with van der Waals surface area (Å²) in [5.41, 5.74) is 11.8. The summed E-state index contributed by atoms with van der Waals surface area (Å²) in [6.07, 6.45) is 3.99. The zero-order valence-electron chi connectivity index (χ0n) is 28.1. The molecular weight excluding hydrogens is 612 g/mol. The smallest absolute Gasteiger partial charge is 0.274 e. The quantitative estimate of drug-likeness (QED) is 0.297. The van der Waals surface area contributed by atoms with E-state index >= 15 is 0 Å². The van der Waals surface area contributed by atoms with Gasteiger partial charge in [-0.05, 0) is 62.9 Å². The maximum atomic E-state index is 13.7. The topological polar surface area (TPSA) is 160 Å². The van der Waals surface area contributed by atoms with Crippen molar-refractivity contribution in [2.75, 3.05) is 27.3 Å². The van der Waals surface area contributed by atoms with Crippen molar-refractivity contribution in [1.29, 1.82) is 0 Å². The van der Waals surface area contributed by atoms with E-state index in [9.17, 15) is 9.59 Å². The van der Waals surface area contributed by atoms with Crippen molar-refractivity contribution in [3.63, 3.8) is 0 Å². The van der Waals surface area contributed by atoms with Gasteiger partial charge < -0.3 is 34.6 Å². The lowest BCUT2D eigenvalue weighted by molar-refractivity contribution is 0.0227. The number of hydrogen-bond donors (Lipinski definition) is 2. The van der Waals surface area contributed by atoms with Crippen LogP contribution in [0.15, 0.2) is 30.3 Å². The molecule has 6 heterocycles. The first-order valence-corrected chi connectivity index (χ1v) is 16.5. The summed E-state index contributed by atoms with van der Waals surface area (Å²) in [6, 6.07) is 9.12. The van der Waals surface area contributed by atoms with E-state index in [4.69, 9.17) is 25.2 Å². The highest BCUT2D eigenvalue weighted by molar-refractivity contribution is 6.00. The van der Waals surface area contributed by atoms with E-state index < -0.39 is 0 Å².